The van der Waals surface area contributed by atoms with E-state index < -0.39 is 12.8 Å². The maximum atomic E-state index is 12.8. The Bertz CT molecular complexity index is 371. The first-order valence-electron chi connectivity index (χ1n) is 5.31. The van der Waals surface area contributed by atoms with E-state index in [-0.39, 0.29) is 0 Å². The van der Waals surface area contributed by atoms with Crippen LogP contribution in [0.4, 0.5) is 4.39 Å². The van der Waals surface area contributed by atoms with Gasteiger partial charge in [0.2, 0.25) is 0 Å². The number of likely N-dealkylation sites (N-methyl/N-ethyl adjacent to an activating group) is 1. The molecule has 0 radical (unpaired) electrons. The number of benzene rings is 1. The summed E-state index contributed by atoms with van der Waals surface area (Å²) in [5, 5.41) is 12.8. The van der Waals surface area contributed by atoms with Gasteiger partial charge in [-0.05, 0) is 13.1 Å². The van der Waals surface area contributed by atoms with Gasteiger partial charge in [0.05, 0.1) is 20.3 Å². The van der Waals surface area contributed by atoms with Gasteiger partial charge >= 0.3 is 0 Å². The highest BCUT2D eigenvalue weighted by molar-refractivity contribution is 5.47. The Balaban J connectivity index is 3.18. The molecule has 0 fully saturated rings. The molecule has 1 rings (SSSR count). The van der Waals surface area contributed by atoms with Gasteiger partial charge in [-0.3, -0.25) is 0 Å². The van der Waals surface area contributed by atoms with Crippen LogP contribution in [0.3, 0.4) is 0 Å². The zero-order valence-corrected chi connectivity index (χ0v) is 10.3. The van der Waals surface area contributed by atoms with Crippen LogP contribution in [-0.4, -0.2) is 32.9 Å². The average molecular weight is 243 g/mol. The van der Waals surface area contributed by atoms with Gasteiger partial charge in [0.1, 0.15) is 18.2 Å². The molecule has 96 valence electrons. The summed E-state index contributed by atoms with van der Waals surface area (Å²) in [4.78, 5) is 0. The number of hydrogen-bond donors (Lipinski definition) is 2. The highest BCUT2D eigenvalue weighted by atomic mass is 19.1. The van der Waals surface area contributed by atoms with Gasteiger partial charge in [0, 0.05) is 23.7 Å². The van der Waals surface area contributed by atoms with E-state index >= 15 is 0 Å². The first-order valence-corrected chi connectivity index (χ1v) is 5.31. The molecule has 0 saturated carbocycles. The quantitative estimate of drug-likeness (QED) is 0.793. The molecule has 5 heteroatoms. The molecule has 0 aromatic heterocycles. The molecule has 0 aliphatic heterocycles. The third-order valence-electron chi connectivity index (χ3n) is 2.53. The number of rotatable bonds is 6. The summed E-state index contributed by atoms with van der Waals surface area (Å²) < 4.78 is 23.0. The van der Waals surface area contributed by atoms with Crippen LogP contribution in [0.5, 0.6) is 11.5 Å². The highest BCUT2D eigenvalue weighted by Crippen LogP contribution is 2.33. The zero-order chi connectivity index (χ0) is 12.8. The Kier molecular flexibility index (Phi) is 5.18. The minimum atomic E-state index is -0.744. The number of halogens is 1. The predicted octanol–water partition coefficient (Wildman–Crippen LogP) is 1.43. The van der Waals surface area contributed by atoms with Crippen LogP contribution in [-0.2, 0) is 6.67 Å². The summed E-state index contributed by atoms with van der Waals surface area (Å²) in [6.07, 6.45) is -0.744. The van der Waals surface area contributed by atoms with Gasteiger partial charge < -0.3 is 19.9 Å². The molecule has 0 spiro atoms. The topological polar surface area (TPSA) is 50.7 Å². The molecule has 1 unspecified atom stereocenters. The fourth-order valence-corrected chi connectivity index (χ4v) is 1.66. The second kappa shape index (κ2) is 6.42. The van der Waals surface area contributed by atoms with E-state index in [4.69, 9.17) is 9.47 Å². The molecule has 2 N–H and O–H groups in total. The Labute approximate surface area is 100 Å². The third-order valence-corrected chi connectivity index (χ3v) is 2.53. The molecule has 0 heterocycles. The number of ether oxygens (including phenoxy) is 2. The summed E-state index contributed by atoms with van der Waals surface area (Å²) in [7, 11) is 4.70. The molecule has 0 amide bonds. The van der Waals surface area contributed by atoms with Crippen LogP contribution < -0.4 is 14.8 Å². The maximum Gasteiger partial charge on any atom is 0.128 e. The van der Waals surface area contributed by atoms with Crippen molar-refractivity contribution >= 4 is 0 Å². The standard InChI is InChI=1S/C12H18FNO3/c1-14-7-10(15)9-4-8(6-13)11(16-2)5-12(9)17-3/h4-5,10,14-15H,6-7H2,1-3H3. The number of hydrogen-bond acceptors (Lipinski definition) is 4. The Hall–Kier alpha value is -1.33. The number of aliphatic hydroxyl groups excluding tert-OH is 1. The number of aliphatic hydroxyl groups is 1. The highest BCUT2D eigenvalue weighted by Gasteiger charge is 2.16. The summed E-state index contributed by atoms with van der Waals surface area (Å²) in [6.45, 7) is -0.277. The van der Waals surface area contributed by atoms with Gasteiger partial charge in [0.25, 0.3) is 0 Å². The van der Waals surface area contributed by atoms with E-state index in [9.17, 15) is 9.50 Å². The summed E-state index contributed by atoms with van der Waals surface area (Å²) in [5.74, 6) is 0.909. The van der Waals surface area contributed by atoms with Gasteiger partial charge in [0.15, 0.2) is 0 Å². The van der Waals surface area contributed by atoms with Crippen LogP contribution in [0.15, 0.2) is 12.1 Å². The SMILES string of the molecule is CNCC(O)c1cc(CF)c(OC)cc1OC. The van der Waals surface area contributed by atoms with Crippen molar-refractivity contribution in [3.05, 3.63) is 23.3 Å². The van der Waals surface area contributed by atoms with Gasteiger partial charge in [-0.25, -0.2) is 4.39 Å². The molecule has 0 bridgehead atoms. The smallest absolute Gasteiger partial charge is 0.128 e. The molecule has 0 aliphatic rings. The van der Waals surface area contributed by atoms with Crippen LogP contribution in [0.2, 0.25) is 0 Å². The van der Waals surface area contributed by atoms with Crippen molar-refractivity contribution in [3.8, 4) is 11.5 Å². The van der Waals surface area contributed by atoms with Crippen LogP contribution in [0, 0.1) is 0 Å². The molecular formula is C12H18FNO3. The van der Waals surface area contributed by atoms with Crippen molar-refractivity contribution in [1.82, 2.24) is 5.32 Å². The van der Waals surface area contributed by atoms with Gasteiger partial charge in [-0.15, -0.1) is 0 Å². The average Bonchev–Trinajstić information content (AvgIpc) is 2.37. The van der Waals surface area contributed by atoms with E-state index in [2.05, 4.69) is 5.32 Å². The van der Waals surface area contributed by atoms with Crippen molar-refractivity contribution in [2.45, 2.75) is 12.8 Å². The molecule has 1 atom stereocenters. The first-order chi connectivity index (χ1) is 8.17. The normalized spacial score (nSPS) is 12.3. The molecule has 0 aliphatic carbocycles. The lowest BCUT2D eigenvalue weighted by Crippen LogP contribution is -2.17. The lowest BCUT2D eigenvalue weighted by Gasteiger charge is -2.17. The molecular weight excluding hydrogens is 225 g/mol. The van der Waals surface area contributed by atoms with E-state index in [0.717, 1.165) is 0 Å². The minimum absolute atomic E-state index is 0.369. The van der Waals surface area contributed by atoms with Gasteiger partial charge in [-0.1, -0.05) is 0 Å². The van der Waals surface area contributed by atoms with Crippen molar-refractivity contribution in [1.29, 1.82) is 0 Å². The predicted molar refractivity (Wildman–Crippen MR) is 63.2 cm³/mol. The van der Waals surface area contributed by atoms with Crippen LogP contribution in [0.25, 0.3) is 0 Å². The molecule has 17 heavy (non-hydrogen) atoms. The van der Waals surface area contributed by atoms with E-state index in [0.29, 0.717) is 29.2 Å². The molecule has 0 saturated heterocycles. The summed E-state index contributed by atoms with van der Waals surface area (Å²) >= 11 is 0. The maximum absolute atomic E-state index is 12.8. The Morgan fingerprint density at radius 3 is 2.41 bits per heavy atom. The van der Waals surface area contributed by atoms with E-state index in [1.807, 2.05) is 0 Å². The van der Waals surface area contributed by atoms with E-state index in [1.165, 1.54) is 14.2 Å². The second-order valence-corrected chi connectivity index (χ2v) is 3.61. The Morgan fingerprint density at radius 2 is 1.94 bits per heavy atom. The summed E-state index contributed by atoms with van der Waals surface area (Å²) in [5.41, 5.74) is 0.953. The van der Waals surface area contributed by atoms with Crippen molar-refractivity contribution in [2.75, 3.05) is 27.8 Å². The zero-order valence-electron chi connectivity index (χ0n) is 10.3. The Morgan fingerprint density at radius 1 is 1.29 bits per heavy atom. The fourth-order valence-electron chi connectivity index (χ4n) is 1.66. The second-order valence-electron chi connectivity index (χ2n) is 3.61. The van der Waals surface area contributed by atoms with Crippen LogP contribution in [0.1, 0.15) is 17.2 Å². The van der Waals surface area contributed by atoms with Crippen molar-refractivity contribution in [3.63, 3.8) is 0 Å². The lowest BCUT2D eigenvalue weighted by atomic mass is 10.0. The number of nitrogens with one attached hydrogen (secondary N) is 1. The molecule has 1 aromatic carbocycles. The first kappa shape index (κ1) is 13.7. The monoisotopic (exact) mass is 243 g/mol. The minimum Gasteiger partial charge on any atom is -0.496 e. The fraction of sp³-hybridized carbons (Fsp3) is 0.500. The van der Waals surface area contributed by atoms with E-state index in [1.54, 1.807) is 19.2 Å². The van der Waals surface area contributed by atoms with Gasteiger partial charge in [-0.2, -0.15) is 0 Å². The van der Waals surface area contributed by atoms with Crippen molar-refractivity contribution < 1.29 is 19.0 Å². The third kappa shape index (κ3) is 3.08. The number of methoxy groups -OCH3 is 2. The molecule has 1 aromatic rings. The molecule has 4 nitrogen and oxygen atoms in total. The lowest BCUT2D eigenvalue weighted by molar-refractivity contribution is 0.173. The largest absolute Gasteiger partial charge is 0.496 e. The summed E-state index contributed by atoms with van der Waals surface area (Å²) in [6, 6.07) is 3.16. The van der Waals surface area contributed by atoms with Crippen molar-refractivity contribution in [2.24, 2.45) is 0 Å². The number of alkyl halides is 1. The van der Waals surface area contributed by atoms with Crippen LogP contribution >= 0.6 is 0 Å².